The summed E-state index contributed by atoms with van der Waals surface area (Å²) in [6.07, 6.45) is 0. The van der Waals surface area contributed by atoms with E-state index in [1.807, 2.05) is 18.2 Å². The zero-order chi connectivity index (χ0) is 12.4. The van der Waals surface area contributed by atoms with E-state index in [9.17, 15) is 4.79 Å². The number of fused-ring (bicyclic) bond motifs is 1. The lowest BCUT2D eigenvalue weighted by Gasteiger charge is -2.22. The third-order valence-electron chi connectivity index (χ3n) is 2.36. The van der Waals surface area contributed by atoms with Gasteiger partial charge in [0.05, 0.1) is 0 Å². The Hall–Kier alpha value is -2.06. The van der Waals surface area contributed by atoms with Gasteiger partial charge in [-0.15, -0.1) is 0 Å². The van der Waals surface area contributed by atoms with Gasteiger partial charge in [-0.2, -0.15) is 0 Å². The first-order valence-electron chi connectivity index (χ1n) is 5.35. The van der Waals surface area contributed by atoms with Gasteiger partial charge < -0.3 is 13.6 Å². The zero-order valence-electron chi connectivity index (χ0n) is 9.28. The Kier molecular flexibility index (Phi) is 2.87. The topological polar surface area (TPSA) is 44.8 Å². The van der Waals surface area contributed by atoms with E-state index in [4.69, 9.17) is 13.6 Å². The molecule has 0 radical (unpaired) electrons. The highest BCUT2D eigenvalue weighted by Gasteiger charge is 2.31. The minimum absolute atomic E-state index is 0.418. The molecule has 0 aromatic heterocycles. The Morgan fingerprint density at radius 2 is 1.61 bits per heavy atom. The number of rotatable bonds is 2. The van der Waals surface area contributed by atoms with E-state index in [1.165, 1.54) is 0 Å². The molecule has 0 saturated carbocycles. The molecular weight excluding hydrogens is 251 g/mol. The van der Waals surface area contributed by atoms with Crippen molar-refractivity contribution in [3.8, 4) is 11.5 Å². The monoisotopic (exact) mass is 260 g/mol. The third-order valence-corrected chi connectivity index (χ3v) is 3.38. The highest BCUT2D eigenvalue weighted by atomic mass is 31.2. The van der Waals surface area contributed by atoms with Crippen molar-refractivity contribution < 1.29 is 18.4 Å². The second-order valence-corrected chi connectivity index (χ2v) is 4.59. The maximum absolute atomic E-state index is 11.7. The summed E-state index contributed by atoms with van der Waals surface area (Å²) in [5.41, 5.74) is 0.424. The van der Waals surface area contributed by atoms with Crippen LogP contribution in [0.4, 0.5) is 0 Å². The van der Waals surface area contributed by atoms with E-state index in [2.05, 4.69) is 0 Å². The number of hydrogen-bond acceptors (Lipinski definition) is 4. The fourth-order valence-corrected chi connectivity index (χ4v) is 2.49. The Balaban J connectivity index is 1.80. The fraction of sp³-hybridized carbons (Fsp3) is 0. The van der Waals surface area contributed by atoms with Crippen molar-refractivity contribution in [3.05, 3.63) is 60.2 Å². The molecule has 3 rings (SSSR count). The normalized spacial score (nSPS) is 17.3. The summed E-state index contributed by atoms with van der Waals surface area (Å²) in [6.45, 7) is 0. The SMILES string of the molecule is O=C1OP(Oc2ccccc2)Oc2ccccc21. The van der Waals surface area contributed by atoms with Crippen molar-refractivity contribution in [2.24, 2.45) is 0 Å². The van der Waals surface area contributed by atoms with Gasteiger partial charge in [0.25, 0.3) is 0 Å². The molecule has 1 heterocycles. The number of benzene rings is 2. The predicted molar refractivity (Wildman–Crippen MR) is 66.5 cm³/mol. The lowest BCUT2D eigenvalue weighted by Crippen LogP contribution is -2.14. The maximum Gasteiger partial charge on any atom is 0.532 e. The molecule has 4 nitrogen and oxygen atoms in total. The van der Waals surface area contributed by atoms with Crippen LogP contribution in [0, 0.1) is 0 Å². The van der Waals surface area contributed by atoms with Crippen LogP contribution < -0.4 is 9.05 Å². The van der Waals surface area contributed by atoms with Crippen LogP contribution in [0.15, 0.2) is 54.6 Å². The van der Waals surface area contributed by atoms with E-state index in [0.29, 0.717) is 17.1 Å². The maximum atomic E-state index is 11.7. The van der Waals surface area contributed by atoms with Crippen LogP contribution in [0.25, 0.3) is 0 Å². The average molecular weight is 260 g/mol. The molecule has 5 heteroatoms. The van der Waals surface area contributed by atoms with Gasteiger partial charge >= 0.3 is 14.6 Å². The molecule has 0 spiro atoms. The van der Waals surface area contributed by atoms with Crippen molar-refractivity contribution in [1.82, 2.24) is 0 Å². The summed E-state index contributed by atoms with van der Waals surface area (Å²) in [5.74, 6) is 0.686. The Bertz CT molecular complexity index is 570. The number of carbonyl (C=O) groups is 1. The third kappa shape index (κ3) is 2.15. The summed E-state index contributed by atoms with van der Waals surface area (Å²) in [4.78, 5) is 11.7. The van der Waals surface area contributed by atoms with Crippen LogP contribution in [0.3, 0.4) is 0 Å². The summed E-state index contributed by atoms with van der Waals surface area (Å²) in [6, 6.07) is 16.0. The van der Waals surface area contributed by atoms with Gasteiger partial charge in [0, 0.05) is 0 Å². The summed E-state index contributed by atoms with van der Waals surface area (Å²) >= 11 is 0. The Morgan fingerprint density at radius 3 is 2.44 bits per heavy atom. The highest BCUT2D eigenvalue weighted by Crippen LogP contribution is 2.46. The van der Waals surface area contributed by atoms with Crippen LogP contribution in [-0.4, -0.2) is 5.97 Å². The highest BCUT2D eigenvalue weighted by molar-refractivity contribution is 7.43. The van der Waals surface area contributed by atoms with Gasteiger partial charge in [0.15, 0.2) is 0 Å². The second-order valence-electron chi connectivity index (χ2n) is 3.59. The van der Waals surface area contributed by atoms with Crippen LogP contribution in [-0.2, 0) is 4.52 Å². The first-order chi connectivity index (χ1) is 8.83. The largest absolute Gasteiger partial charge is 0.532 e. The molecule has 1 aliphatic rings. The fourth-order valence-electron chi connectivity index (χ4n) is 1.54. The van der Waals surface area contributed by atoms with E-state index in [1.54, 1.807) is 36.4 Å². The Labute approximate surface area is 105 Å². The molecule has 1 aliphatic heterocycles. The van der Waals surface area contributed by atoms with E-state index < -0.39 is 14.6 Å². The van der Waals surface area contributed by atoms with Gasteiger partial charge in [-0.05, 0) is 24.3 Å². The molecular formula is C13H9O4P. The molecule has 0 aliphatic carbocycles. The molecule has 0 amide bonds. The standard InChI is InChI=1S/C13H9O4P/c14-13-11-8-4-5-9-12(11)16-18(17-13)15-10-6-2-1-3-7-10/h1-9H. The lowest BCUT2D eigenvalue weighted by atomic mass is 10.2. The molecule has 1 atom stereocenters. The predicted octanol–water partition coefficient (Wildman–Crippen LogP) is 3.54. The molecule has 0 saturated heterocycles. The van der Waals surface area contributed by atoms with Crippen molar-refractivity contribution >= 4 is 14.6 Å². The molecule has 0 N–H and O–H groups in total. The van der Waals surface area contributed by atoms with Gasteiger partial charge in [-0.1, -0.05) is 30.3 Å². The first kappa shape index (κ1) is 11.1. The van der Waals surface area contributed by atoms with Crippen LogP contribution in [0.1, 0.15) is 10.4 Å². The van der Waals surface area contributed by atoms with Gasteiger partial charge in [-0.3, -0.25) is 0 Å². The molecule has 18 heavy (non-hydrogen) atoms. The van der Waals surface area contributed by atoms with Gasteiger partial charge in [0.1, 0.15) is 17.1 Å². The van der Waals surface area contributed by atoms with Crippen LogP contribution >= 0.6 is 8.60 Å². The van der Waals surface area contributed by atoms with Crippen LogP contribution in [0.2, 0.25) is 0 Å². The van der Waals surface area contributed by atoms with Crippen LogP contribution in [0.5, 0.6) is 11.5 Å². The van der Waals surface area contributed by atoms with E-state index in [0.717, 1.165) is 0 Å². The second kappa shape index (κ2) is 4.67. The van der Waals surface area contributed by atoms with Gasteiger partial charge in [0.2, 0.25) is 0 Å². The quantitative estimate of drug-likeness (QED) is 0.774. The van der Waals surface area contributed by atoms with Gasteiger partial charge in [-0.25, -0.2) is 4.79 Å². The summed E-state index contributed by atoms with van der Waals surface area (Å²) in [7, 11) is -1.72. The Morgan fingerprint density at radius 1 is 0.889 bits per heavy atom. The summed E-state index contributed by atoms with van der Waals surface area (Å²) in [5, 5.41) is 0. The molecule has 2 aromatic carbocycles. The molecule has 0 bridgehead atoms. The minimum atomic E-state index is -1.72. The molecule has 0 fully saturated rings. The summed E-state index contributed by atoms with van der Waals surface area (Å²) < 4.78 is 16.1. The molecule has 90 valence electrons. The first-order valence-corrected chi connectivity index (χ1v) is 6.45. The van der Waals surface area contributed by atoms with Crippen molar-refractivity contribution in [2.45, 2.75) is 0 Å². The smallest absolute Gasteiger partial charge is 0.408 e. The zero-order valence-corrected chi connectivity index (χ0v) is 10.2. The van der Waals surface area contributed by atoms with Crippen molar-refractivity contribution in [2.75, 3.05) is 0 Å². The number of para-hydroxylation sites is 2. The van der Waals surface area contributed by atoms with Crippen molar-refractivity contribution in [1.29, 1.82) is 0 Å². The average Bonchev–Trinajstić information content (AvgIpc) is 2.40. The van der Waals surface area contributed by atoms with Crippen molar-refractivity contribution in [3.63, 3.8) is 0 Å². The molecule has 2 aromatic rings. The number of hydrogen-bond donors (Lipinski definition) is 0. The molecule has 1 unspecified atom stereocenters. The number of carbonyl (C=O) groups excluding carboxylic acids is 1. The van der Waals surface area contributed by atoms with E-state index in [-0.39, 0.29) is 0 Å². The lowest BCUT2D eigenvalue weighted by molar-refractivity contribution is 0.0697. The minimum Gasteiger partial charge on any atom is -0.408 e. The van der Waals surface area contributed by atoms with E-state index >= 15 is 0 Å².